The number of H-pyrrole nitrogens is 1. The number of para-hydroxylation sites is 1. The van der Waals surface area contributed by atoms with Crippen LogP contribution in [0.15, 0.2) is 46.6 Å². The first kappa shape index (κ1) is 21.7. The highest BCUT2D eigenvalue weighted by molar-refractivity contribution is 6.35. The van der Waals surface area contributed by atoms with E-state index in [2.05, 4.69) is 20.1 Å². The van der Waals surface area contributed by atoms with Gasteiger partial charge in [-0.05, 0) is 31.0 Å². The Kier molecular flexibility index (Phi) is 5.06. The normalized spacial score (nSPS) is 19.6. The Hall–Kier alpha value is -3.79. The Balaban J connectivity index is 1.39. The largest absolute Gasteiger partial charge is 0.339 e. The highest BCUT2D eigenvalue weighted by atomic mass is 35.5. The van der Waals surface area contributed by atoms with E-state index in [1.165, 1.54) is 23.1 Å². The van der Waals surface area contributed by atoms with Gasteiger partial charge in [0.25, 0.3) is 0 Å². The van der Waals surface area contributed by atoms with Gasteiger partial charge in [0, 0.05) is 42.0 Å². The zero-order valence-corrected chi connectivity index (χ0v) is 19.6. The minimum Gasteiger partial charge on any atom is -0.339 e. The predicted molar refractivity (Wildman–Crippen MR) is 128 cm³/mol. The number of imide groups is 1. The van der Waals surface area contributed by atoms with Crippen molar-refractivity contribution in [3.63, 3.8) is 0 Å². The van der Waals surface area contributed by atoms with Crippen LogP contribution in [-0.4, -0.2) is 57.5 Å². The Labute approximate surface area is 204 Å². The van der Waals surface area contributed by atoms with Crippen LogP contribution >= 0.6 is 11.6 Å². The molecule has 0 aliphatic carbocycles. The molecule has 178 valence electrons. The lowest BCUT2D eigenvalue weighted by molar-refractivity contribution is -0.120. The molecule has 1 N–H and O–H groups in total. The maximum atomic E-state index is 14.6. The van der Waals surface area contributed by atoms with Gasteiger partial charge in [0.05, 0.1) is 35.9 Å². The van der Waals surface area contributed by atoms with Gasteiger partial charge in [-0.25, -0.2) is 14.1 Å². The summed E-state index contributed by atoms with van der Waals surface area (Å²) in [6.07, 6.45) is 5.77. The highest BCUT2D eigenvalue weighted by Gasteiger charge is 2.45. The summed E-state index contributed by atoms with van der Waals surface area (Å²) in [5.41, 5.74) is 3.66. The number of rotatable bonds is 4. The number of aliphatic imine (C=N–C) groups is 1. The maximum absolute atomic E-state index is 14.6. The molecule has 6 rings (SSSR count). The van der Waals surface area contributed by atoms with Gasteiger partial charge < -0.3 is 4.98 Å². The lowest BCUT2D eigenvalue weighted by Crippen LogP contribution is -2.58. The Bertz CT molecular complexity index is 1520. The maximum Gasteiger partial charge on any atom is 0.335 e. The summed E-state index contributed by atoms with van der Waals surface area (Å²) in [6, 6.07) is 5.24. The smallest absolute Gasteiger partial charge is 0.335 e. The van der Waals surface area contributed by atoms with E-state index in [4.69, 9.17) is 11.6 Å². The fourth-order valence-electron chi connectivity index (χ4n) is 4.90. The minimum atomic E-state index is -0.743. The van der Waals surface area contributed by atoms with Crippen LogP contribution in [0, 0.1) is 11.7 Å². The summed E-state index contributed by atoms with van der Waals surface area (Å²) in [7, 11) is 1.57. The number of carbonyl (C=O) groups excluding carboxylic acids is 2. The number of nitrogens with zero attached hydrogens (tertiary/aromatic N) is 6. The highest BCUT2D eigenvalue weighted by Crippen LogP contribution is 2.36. The van der Waals surface area contributed by atoms with Gasteiger partial charge in [-0.15, -0.1) is 0 Å². The van der Waals surface area contributed by atoms with Crippen LogP contribution in [0.25, 0.3) is 17.0 Å². The first-order valence-electron chi connectivity index (χ1n) is 11.3. The molecule has 1 saturated heterocycles. The van der Waals surface area contributed by atoms with Gasteiger partial charge in [0.1, 0.15) is 17.0 Å². The van der Waals surface area contributed by atoms with E-state index in [-0.39, 0.29) is 17.3 Å². The number of urea groups is 1. The van der Waals surface area contributed by atoms with E-state index < -0.39 is 23.7 Å². The van der Waals surface area contributed by atoms with Crippen molar-refractivity contribution in [3.05, 3.63) is 58.2 Å². The summed E-state index contributed by atoms with van der Waals surface area (Å²) in [5.74, 6) is -2.04. The number of halogens is 2. The zero-order valence-electron chi connectivity index (χ0n) is 18.8. The van der Waals surface area contributed by atoms with Crippen molar-refractivity contribution in [3.8, 4) is 11.3 Å². The van der Waals surface area contributed by atoms with Crippen molar-refractivity contribution < 1.29 is 14.0 Å². The monoisotopic (exact) mass is 493 g/mol. The molecule has 2 aromatic heterocycles. The van der Waals surface area contributed by atoms with Crippen molar-refractivity contribution in [2.45, 2.75) is 19.4 Å². The third-order valence-electron chi connectivity index (χ3n) is 6.60. The molecular weight excluding hydrogens is 473 g/mol. The SMILES string of the molecule is CN1C(=O)N(c2c(F)cccc2Cl)C(=O)C2CN=c3[nH]c(-c4cnn(CC5=NCCC5)c4)cc3=C21. The number of aromatic amines is 1. The Morgan fingerprint density at radius 1 is 1.26 bits per heavy atom. The van der Waals surface area contributed by atoms with Gasteiger partial charge in [-0.3, -0.25) is 24.4 Å². The van der Waals surface area contributed by atoms with E-state index in [1.54, 1.807) is 13.2 Å². The van der Waals surface area contributed by atoms with Gasteiger partial charge in [0.15, 0.2) is 0 Å². The topological polar surface area (TPSA) is 99.0 Å². The molecule has 11 heteroatoms. The van der Waals surface area contributed by atoms with Crippen molar-refractivity contribution in [1.82, 2.24) is 19.7 Å². The summed E-state index contributed by atoms with van der Waals surface area (Å²) in [4.78, 5) is 41.2. The lowest BCUT2D eigenvalue weighted by atomic mass is 9.96. The number of hydrogen-bond donors (Lipinski definition) is 1. The fourth-order valence-corrected chi connectivity index (χ4v) is 5.15. The summed E-state index contributed by atoms with van der Waals surface area (Å²) in [6.45, 7) is 1.66. The number of anilines is 1. The number of amides is 3. The van der Waals surface area contributed by atoms with Crippen molar-refractivity contribution in [2.75, 3.05) is 25.0 Å². The molecule has 1 unspecified atom stereocenters. The van der Waals surface area contributed by atoms with Crippen molar-refractivity contribution in [1.29, 1.82) is 0 Å². The molecule has 3 aromatic rings. The molecule has 9 nitrogen and oxygen atoms in total. The molecule has 0 radical (unpaired) electrons. The average molecular weight is 494 g/mol. The van der Waals surface area contributed by atoms with Crippen molar-refractivity contribution in [2.24, 2.45) is 15.9 Å². The van der Waals surface area contributed by atoms with Crippen LogP contribution in [-0.2, 0) is 11.3 Å². The summed E-state index contributed by atoms with van der Waals surface area (Å²) in [5, 5.41) is 5.10. The lowest BCUT2D eigenvalue weighted by Gasteiger charge is -2.39. The number of carbonyl (C=O) groups is 2. The van der Waals surface area contributed by atoms with E-state index in [1.807, 2.05) is 16.9 Å². The minimum absolute atomic E-state index is 0.0125. The second-order valence-electron chi connectivity index (χ2n) is 8.79. The molecule has 0 spiro atoms. The van der Waals surface area contributed by atoms with Crippen LogP contribution in [0.2, 0.25) is 5.02 Å². The number of aromatic nitrogens is 3. The average Bonchev–Trinajstić information content (AvgIpc) is 3.60. The molecular formula is C24H21ClFN7O2. The van der Waals surface area contributed by atoms with Gasteiger partial charge in [-0.2, -0.15) is 5.10 Å². The van der Waals surface area contributed by atoms with E-state index in [9.17, 15) is 14.0 Å². The molecule has 3 aliphatic rings. The van der Waals surface area contributed by atoms with E-state index >= 15 is 0 Å². The van der Waals surface area contributed by atoms with Crippen molar-refractivity contribution >= 4 is 40.6 Å². The third kappa shape index (κ3) is 3.47. The molecule has 0 bridgehead atoms. The Morgan fingerprint density at radius 3 is 2.89 bits per heavy atom. The molecule has 1 fully saturated rings. The molecule has 3 aliphatic heterocycles. The first-order chi connectivity index (χ1) is 16.9. The summed E-state index contributed by atoms with van der Waals surface area (Å²) >= 11 is 6.17. The number of nitrogens with one attached hydrogen (secondary N) is 1. The molecule has 1 aromatic carbocycles. The van der Waals surface area contributed by atoms with Crippen LogP contribution < -0.4 is 15.6 Å². The van der Waals surface area contributed by atoms with Gasteiger partial charge >= 0.3 is 6.03 Å². The molecule has 5 heterocycles. The van der Waals surface area contributed by atoms with Gasteiger partial charge in [0.2, 0.25) is 5.91 Å². The van der Waals surface area contributed by atoms with E-state index in [0.717, 1.165) is 41.3 Å². The fraction of sp³-hybridized carbons (Fsp3) is 0.292. The summed E-state index contributed by atoms with van der Waals surface area (Å²) < 4.78 is 16.4. The second-order valence-corrected chi connectivity index (χ2v) is 9.19. The number of hydrogen-bond acceptors (Lipinski definition) is 5. The quantitative estimate of drug-likeness (QED) is 0.604. The molecule has 3 amide bonds. The third-order valence-corrected chi connectivity index (χ3v) is 6.91. The van der Waals surface area contributed by atoms with E-state index in [0.29, 0.717) is 22.9 Å². The second kappa shape index (κ2) is 8.16. The standard InChI is InChI=1S/C24H21ClFN7O2/c1-31-20-15-8-19(13-9-29-32(11-13)12-14-4-3-7-27-14)30-22(15)28-10-16(20)23(34)33(24(31)35)21-17(25)5-2-6-18(21)26/h2,5-6,8-9,11,16H,3-4,7,10,12H2,1H3,(H,28,30). The van der Waals surface area contributed by atoms with Crippen LogP contribution in [0.3, 0.4) is 0 Å². The van der Waals surface area contributed by atoms with Gasteiger partial charge in [-0.1, -0.05) is 17.7 Å². The first-order valence-corrected chi connectivity index (χ1v) is 11.7. The zero-order chi connectivity index (χ0) is 24.3. The number of fused-ring (bicyclic) bond motifs is 2. The Morgan fingerprint density at radius 2 is 2.11 bits per heavy atom. The number of benzene rings is 1. The van der Waals surface area contributed by atoms with Crippen LogP contribution in [0.1, 0.15) is 12.8 Å². The molecule has 0 saturated carbocycles. The van der Waals surface area contributed by atoms with Crippen LogP contribution in [0.5, 0.6) is 0 Å². The molecule has 1 atom stereocenters. The van der Waals surface area contributed by atoms with Crippen LogP contribution in [0.4, 0.5) is 14.9 Å². The molecule has 35 heavy (non-hydrogen) atoms. The predicted octanol–water partition coefficient (Wildman–Crippen LogP) is 2.36.